The summed E-state index contributed by atoms with van der Waals surface area (Å²) in [5, 5.41) is 0. The van der Waals surface area contributed by atoms with Crippen molar-refractivity contribution in [2.24, 2.45) is 17.6 Å². The molecule has 1 aliphatic rings. The summed E-state index contributed by atoms with van der Waals surface area (Å²) in [6.07, 6.45) is 5.50. The molecule has 1 fully saturated rings. The van der Waals surface area contributed by atoms with E-state index in [2.05, 4.69) is 0 Å². The van der Waals surface area contributed by atoms with Gasteiger partial charge in [-0.25, -0.2) is 0 Å². The van der Waals surface area contributed by atoms with Crippen LogP contribution >= 0.6 is 0 Å². The maximum atomic E-state index is 12.4. The summed E-state index contributed by atoms with van der Waals surface area (Å²) in [5.41, 5.74) is 5.62. The van der Waals surface area contributed by atoms with Crippen LogP contribution in [0.4, 0.5) is 0 Å². The molecule has 0 aliphatic heterocycles. The van der Waals surface area contributed by atoms with Gasteiger partial charge in [0.1, 0.15) is 0 Å². The SMILES string of the molecule is COCC(C)N(C)C(=O)C1CCCC(CCN)C1. The molecule has 1 aliphatic carbocycles. The molecule has 4 heteroatoms. The molecule has 4 nitrogen and oxygen atoms in total. The smallest absolute Gasteiger partial charge is 0.225 e. The lowest BCUT2D eigenvalue weighted by Crippen LogP contribution is -2.42. The standard InChI is InChI=1S/C14H28N2O2/c1-11(10-18-3)16(2)14(17)13-6-4-5-12(9-13)7-8-15/h11-13H,4-10,15H2,1-3H3. The van der Waals surface area contributed by atoms with Gasteiger partial charge >= 0.3 is 0 Å². The summed E-state index contributed by atoms with van der Waals surface area (Å²) >= 11 is 0. The Morgan fingerprint density at radius 3 is 2.83 bits per heavy atom. The molecule has 1 rings (SSSR count). The summed E-state index contributed by atoms with van der Waals surface area (Å²) in [4.78, 5) is 14.2. The van der Waals surface area contributed by atoms with Crippen molar-refractivity contribution in [3.63, 3.8) is 0 Å². The molecule has 1 saturated carbocycles. The van der Waals surface area contributed by atoms with Crippen LogP contribution in [0.1, 0.15) is 39.0 Å². The Kier molecular flexibility index (Phi) is 6.65. The summed E-state index contributed by atoms with van der Waals surface area (Å²) in [6.45, 7) is 3.37. The van der Waals surface area contributed by atoms with Crippen molar-refractivity contribution in [2.45, 2.75) is 45.1 Å². The Labute approximate surface area is 111 Å². The van der Waals surface area contributed by atoms with E-state index in [1.165, 1.54) is 6.42 Å². The number of nitrogens with two attached hydrogens (primary N) is 1. The lowest BCUT2D eigenvalue weighted by molar-refractivity contribution is -0.138. The number of carbonyl (C=O) groups excluding carboxylic acids is 1. The fourth-order valence-corrected chi connectivity index (χ4v) is 2.87. The maximum absolute atomic E-state index is 12.4. The number of hydrogen-bond donors (Lipinski definition) is 1. The molecule has 0 radical (unpaired) electrons. The zero-order valence-electron chi connectivity index (χ0n) is 12.0. The molecule has 0 aromatic rings. The zero-order chi connectivity index (χ0) is 13.5. The highest BCUT2D eigenvalue weighted by Crippen LogP contribution is 2.32. The molecule has 3 unspecified atom stereocenters. The average Bonchev–Trinajstić information content (AvgIpc) is 2.38. The molecule has 0 heterocycles. The predicted octanol–water partition coefficient (Wildman–Crippen LogP) is 1.63. The van der Waals surface area contributed by atoms with Gasteiger partial charge in [0.25, 0.3) is 0 Å². The minimum Gasteiger partial charge on any atom is -0.383 e. The van der Waals surface area contributed by atoms with Gasteiger partial charge in [-0.2, -0.15) is 0 Å². The van der Waals surface area contributed by atoms with Crippen molar-refractivity contribution in [2.75, 3.05) is 27.3 Å². The highest BCUT2D eigenvalue weighted by molar-refractivity contribution is 5.79. The van der Waals surface area contributed by atoms with Crippen LogP contribution < -0.4 is 5.73 Å². The van der Waals surface area contributed by atoms with Crippen molar-refractivity contribution in [1.29, 1.82) is 0 Å². The molecular weight excluding hydrogens is 228 g/mol. The number of ether oxygens (including phenoxy) is 1. The molecule has 0 aromatic heterocycles. The Balaban J connectivity index is 2.49. The number of likely N-dealkylation sites (N-methyl/N-ethyl adjacent to an activating group) is 1. The Hall–Kier alpha value is -0.610. The van der Waals surface area contributed by atoms with E-state index in [9.17, 15) is 4.79 Å². The quantitative estimate of drug-likeness (QED) is 0.786. The lowest BCUT2D eigenvalue weighted by atomic mass is 9.79. The first-order valence-electron chi connectivity index (χ1n) is 7.05. The van der Waals surface area contributed by atoms with Crippen molar-refractivity contribution in [1.82, 2.24) is 4.90 Å². The second kappa shape index (κ2) is 7.74. The van der Waals surface area contributed by atoms with Gasteiger partial charge in [0.2, 0.25) is 5.91 Å². The summed E-state index contributed by atoms with van der Waals surface area (Å²) in [7, 11) is 3.56. The van der Waals surface area contributed by atoms with Gasteiger partial charge in [-0.15, -0.1) is 0 Å². The molecule has 1 amide bonds. The van der Waals surface area contributed by atoms with Crippen LogP contribution in [0.3, 0.4) is 0 Å². The molecule has 18 heavy (non-hydrogen) atoms. The van der Waals surface area contributed by atoms with Crippen LogP contribution in [0, 0.1) is 11.8 Å². The van der Waals surface area contributed by atoms with E-state index in [1.807, 2.05) is 18.9 Å². The van der Waals surface area contributed by atoms with Gasteiger partial charge in [0.05, 0.1) is 12.6 Å². The molecule has 0 spiro atoms. The number of nitrogens with zero attached hydrogens (tertiary/aromatic N) is 1. The first kappa shape index (κ1) is 15.4. The fourth-order valence-electron chi connectivity index (χ4n) is 2.87. The molecular formula is C14H28N2O2. The van der Waals surface area contributed by atoms with E-state index in [0.717, 1.165) is 32.2 Å². The van der Waals surface area contributed by atoms with E-state index in [1.54, 1.807) is 7.11 Å². The summed E-state index contributed by atoms with van der Waals surface area (Å²) in [6, 6.07) is 0.150. The number of hydrogen-bond acceptors (Lipinski definition) is 3. The van der Waals surface area contributed by atoms with Crippen LogP contribution in [-0.4, -0.2) is 44.2 Å². The zero-order valence-corrected chi connectivity index (χ0v) is 12.0. The first-order valence-corrected chi connectivity index (χ1v) is 7.05. The van der Waals surface area contributed by atoms with Crippen molar-refractivity contribution < 1.29 is 9.53 Å². The van der Waals surface area contributed by atoms with Crippen LogP contribution in [0.25, 0.3) is 0 Å². The topological polar surface area (TPSA) is 55.6 Å². The average molecular weight is 256 g/mol. The third kappa shape index (κ3) is 4.25. The number of rotatable bonds is 6. The van der Waals surface area contributed by atoms with Crippen LogP contribution in [0.5, 0.6) is 0 Å². The summed E-state index contributed by atoms with van der Waals surface area (Å²) in [5.74, 6) is 1.12. The number of methoxy groups -OCH3 is 1. The Morgan fingerprint density at radius 2 is 2.22 bits per heavy atom. The highest BCUT2D eigenvalue weighted by atomic mass is 16.5. The maximum Gasteiger partial charge on any atom is 0.225 e. The number of amides is 1. The van der Waals surface area contributed by atoms with E-state index in [-0.39, 0.29) is 17.9 Å². The number of carbonyl (C=O) groups is 1. The van der Waals surface area contributed by atoms with E-state index >= 15 is 0 Å². The van der Waals surface area contributed by atoms with Gasteiger partial charge in [0.15, 0.2) is 0 Å². The lowest BCUT2D eigenvalue weighted by Gasteiger charge is -2.33. The molecule has 106 valence electrons. The van der Waals surface area contributed by atoms with E-state index in [4.69, 9.17) is 10.5 Å². The van der Waals surface area contributed by atoms with Gasteiger partial charge in [0, 0.05) is 20.1 Å². The first-order chi connectivity index (χ1) is 8.60. The molecule has 0 aromatic carbocycles. The van der Waals surface area contributed by atoms with E-state index < -0.39 is 0 Å². The molecule has 2 N–H and O–H groups in total. The Bertz CT molecular complexity index is 256. The monoisotopic (exact) mass is 256 g/mol. The summed E-state index contributed by atoms with van der Waals surface area (Å²) < 4.78 is 5.11. The minimum absolute atomic E-state index is 0.150. The minimum atomic E-state index is 0.150. The predicted molar refractivity (Wildman–Crippen MR) is 73.2 cm³/mol. The second-order valence-corrected chi connectivity index (χ2v) is 5.56. The van der Waals surface area contributed by atoms with E-state index in [0.29, 0.717) is 12.5 Å². The van der Waals surface area contributed by atoms with Crippen LogP contribution in [0.15, 0.2) is 0 Å². The van der Waals surface area contributed by atoms with Gasteiger partial charge in [-0.3, -0.25) is 4.79 Å². The van der Waals surface area contributed by atoms with Crippen LogP contribution in [-0.2, 0) is 9.53 Å². The van der Waals surface area contributed by atoms with Gasteiger partial charge in [-0.1, -0.05) is 12.8 Å². The highest BCUT2D eigenvalue weighted by Gasteiger charge is 2.30. The van der Waals surface area contributed by atoms with Crippen molar-refractivity contribution >= 4 is 5.91 Å². The third-order valence-electron chi connectivity index (χ3n) is 4.12. The second-order valence-electron chi connectivity index (χ2n) is 5.56. The normalized spacial score (nSPS) is 25.8. The van der Waals surface area contributed by atoms with Crippen LogP contribution in [0.2, 0.25) is 0 Å². The molecule has 0 saturated heterocycles. The molecule has 0 bridgehead atoms. The van der Waals surface area contributed by atoms with Gasteiger partial charge in [-0.05, 0) is 38.6 Å². The van der Waals surface area contributed by atoms with Gasteiger partial charge < -0.3 is 15.4 Å². The third-order valence-corrected chi connectivity index (χ3v) is 4.12. The fraction of sp³-hybridized carbons (Fsp3) is 0.929. The van der Waals surface area contributed by atoms with Crippen molar-refractivity contribution in [3.05, 3.63) is 0 Å². The Morgan fingerprint density at radius 1 is 1.50 bits per heavy atom. The largest absolute Gasteiger partial charge is 0.383 e. The van der Waals surface area contributed by atoms with Crippen molar-refractivity contribution in [3.8, 4) is 0 Å². The molecule has 3 atom stereocenters.